The van der Waals surface area contributed by atoms with Gasteiger partial charge in [-0.2, -0.15) is 4.98 Å². The lowest BCUT2D eigenvalue weighted by atomic mass is 10.2. The van der Waals surface area contributed by atoms with Crippen LogP contribution in [0.25, 0.3) is 0 Å². The summed E-state index contributed by atoms with van der Waals surface area (Å²) in [5.41, 5.74) is 3.02. The number of rotatable bonds is 4. The van der Waals surface area contributed by atoms with Crippen molar-refractivity contribution in [2.45, 2.75) is 6.92 Å². The van der Waals surface area contributed by atoms with Gasteiger partial charge in [-0.05, 0) is 36.8 Å². The second kappa shape index (κ2) is 6.45. The summed E-state index contributed by atoms with van der Waals surface area (Å²) in [6.45, 7) is 2.04. The van der Waals surface area contributed by atoms with Crippen molar-refractivity contribution in [2.24, 2.45) is 0 Å². The number of aromatic nitrogens is 2. The smallest absolute Gasteiger partial charge is 0.229 e. The maximum atomic E-state index is 6.17. The number of halogens is 1. The molecule has 22 heavy (non-hydrogen) atoms. The highest BCUT2D eigenvalue weighted by Crippen LogP contribution is 2.25. The topological polar surface area (TPSA) is 49.8 Å². The Kier molecular flexibility index (Phi) is 4.21. The maximum absolute atomic E-state index is 6.17. The molecule has 3 rings (SSSR count). The Labute approximate surface area is 134 Å². The van der Waals surface area contributed by atoms with Crippen molar-refractivity contribution in [3.05, 3.63) is 71.4 Å². The number of aryl methyl sites for hydroxylation is 1. The van der Waals surface area contributed by atoms with Crippen molar-refractivity contribution in [1.82, 2.24) is 9.97 Å². The summed E-state index contributed by atoms with van der Waals surface area (Å²) >= 11 is 6.17. The average molecular weight is 311 g/mol. The van der Waals surface area contributed by atoms with Crippen molar-refractivity contribution in [1.29, 1.82) is 0 Å². The van der Waals surface area contributed by atoms with Crippen molar-refractivity contribution in [2.75, 3.05) is 10.6 Å². The second-order valence-electron chi connectivity index (χ2n) is 4.88. The second-order valence-corrected chi connectivity index (χ2v) is 5.28. The average Bonchev–Trinajstić information content (AvgIpc) is 2.52. The molecule has 0 bridgehead atoms. The van der Waals surface area contributed by atoms with Crippen molar-refractivity contribution in [3.63, 3.8) is 0 Å². The van der Waals surface area contributed by atoms with E-state index in [1.165, 1.54) is 0 Å². The van der Waals surface area contributed by atoms with Crippen LogP contribution in [0.2, 0.25) is 5.02 Å². The molecule has 0 aliphatic rings. The number of anilines is 4. The molecule has 0 aliphatic heterocycles. The van der Waals surface area contributed by atoms with Crippen LogP contribution >= 0.6 is 11.6 Å². The largest absolute Gasteiger partial charge is 0.339 e. The van der Waals surface area contributed by atoms with Gasteiger partial charge in [-0.1, -0.05) is 41.9 Å². The third-order valence-corrected chi connectivity index (χ3v) is 3.33. The van der Waals surface area contributed by atoms with Gasteiger partial charge in [-0.3, -0.25) is 0 Å². The predicted octanol–water partition coefficient (Wildman–Crippen LogP) is 4.93. The normalized spacial score (nSPS) is 10.3. The summed E-state index contributed by atoms with van der Waals surface area (Å²) in [4.78, 5) is 8.63. The van der Waals surface area contributed by atoms with E-state index in [0.717, 1.165) is 16.9 Å². The molecule has 0 radical (unpaired) electrons. The lowest BCUT2D eigenvalue weighted by molar-refractivity contribution is 1.16. The van der Waals surface area contributed by atoms with E-state index >= 15 is 0 Å². The molecule has 1 heterocycles. The number of nitrogens with zero attached hydrogens (tertiary/aromatic N) is 2. The molecule has 0 fully saturated rings. The number of hydrogen-bond donors (Lipinski definition) is 2. The first-order valence-corrected chi connectivity index (χ1v) is 7.27. The third-order valence-electron chi connectivity index (χ3n) is 3.05. The maximum Gasteiger partial charge on any atom is 0.229 e. The molecule has 0 unspecified atom stereocenters. The summed E-state index contributed by atoms with van der Waals surface area (Å²) in [5.74, 6) is 1.06. The van der Waals surface area contributed by atoms with Gasteiger partial charge >= 0.3 is 0 Å². The summed E-state index contributed by atoms with van der Waals surface area (Å²) in [6, 6.07) is 17.8. The van der Waals surface area contributed by atoms with Gasteiger partial charge in [-0.15, -0.1) is 0 Å². The fourth-order valence-electron chi connectivity index (χ4n) is 2.03. The molecule has 2 N–H and O–H groups in total. The van der Waals surface area contributed by atoms with Gasteiger partial charge in [0.1, 0.15) is 5.02 Å². The lowest BCUT2D eigenvalue weighted by Gasteiger charge is -2.10. The Bertz CT molecular complexity index is 775. The van der Waals surface area contributed by atoms with Crippen LogP contribution in [0, 0.1) is 6.92 Å². The van der Waals surface area contributed by atoms with Crippen LogP contribution in [0.1, 0.15) is 5.56 Å². The molecule has 1 aromatic heterocycles. The molecule has 2 aromatic carbocycles. The molecule has 0 aliphatic carbocycles. The molecule has 0 saturated heterocycles. The van der Waals surface area contributed by atoms with Gasteiger partial charge in [0.05, 0.1) is 6.20 Å². The van der Waals surface area contributed by atoms with Crippen molar-refractivity contribution in [3.8, 4) is 0 Å². The van der Waals surface area contributed by atoms with E-state index < -0.39 is 0 Å². The van der Waals surface area contributed by atoms with Crippen LogP contribution in [-0.4, -0.2) is 9.97 Å². The van der Waals surface area contributed by atoms with Gasteiger partial charge in [0, 0.05) is 11.4 Å². The van der Waals surface area contributed by atoms with Crippen LogP contribution in [-0.2, 0) is 0 Å². The molecular weight excluding hydrogens is 296 g/mol. The monoisotopic (exact) mass is 310 g/mol. The summed E-state index contributed by atoms with van der Waals surface area (Å²) < 4.78 is 0. The molecule has 0 saturated carbocycles. The molecule has 0 spiro atoms. The fraction of sp³-hybridized carbons (Fsp3) is 0.0588. The van der Waals surface area contributed by atoms with Crippen LogP contribution in [0.5, 0.6) is 0 Å². The first-order chi connectivity index (χ1) is 10.7. The van der Waals surface area contributed by atoms with Crippen LogP contribution in [0.15, 0.2) is 60.8 Å². The zero-order valence-corrected chi connectivity index (χ0v) is 12.8. The Morgan fingerprint density at radius 1 is 0.909 bits per heavy atom. The van der Waals surface area contributed by atoms with Crippen LogP contribution in [0.3, 0.4) is 0 Å². The van der Waals surface area contributed by atoms with Crippen LogP contribution < -0.4 is 10.6 Å². The van der Waals surface area contributed by atoms with E-state index in [1.807, 2.05) is 61.5 Å². The third kappa shape index (κ3) is 3.54. The first kappa shape index (κ1) is 14.4. The zero-order valence-electron chi connectivity index (χ0n) is 12.0. The molecule has 0 atom stereocenters. The van der Waals surface area contributed by atoms with E-state index in [1.54, 1.807) is 6.20 Å². The summed E-state index contributed by atoms with van der Waals surface area (Å²) in [5, 5.41) is 6.84. The van der Waals surface area contributed by atoms with Crippen molar-refractivity contribution < 1.29 is 0 Å². The van der Waals surface area contributed by atoms with Gasteiger partial charge < -0.3 is 10.6 Å². The van der Waals surface area contributed by atoms with Gasteiger partial charge in [-0.25, -0.2) is 4.98 Å². The van der Waals surface area contributed by atoms with Gasteiger partial charge in [0.15, 0.2) is 5.82 Å². The Balaban J connectivity index is 1.84. The molecule has 0 amide bonds. The quantitative estimate of drug-likeness (QED) is 0.717. The zero-order chi connectivity index (χ0) is 15.4. The minimum atomic E-state index is 0.472. The number of para-hydroxylation sites is 1. The molecule has 110 valence electrons. The number of nitrogens with one attached hydrogen (secondary N) is 2. The summed E-state index contributed by atoms with van der Waals surface area (Å²) in [7, 11) is 0. The highest BCUT2D eigenvalue weighted by molar-refractivity contribution is 6.32. The predicted molar refractivity (Wildman–Crippen MR) is 91.2 cm³/mol. The van der Waals surface area contributed by atoms with E-state index in [4.69, 9.17) is 11.6 Å². The summed E-state index contributed by atoms with van der Waals surface area (Å²) in [6.07, 6.45) is 1.58. The lowest BCUT2D eigenvalue weighted by Crippen LogP contribution is -2.01. The Hall–Kier alpha value is -2.59. The van der Waals surface area contributed by atoms with E-state index in [-0.39, 0.29) is 0 Å². The number of hydrogen-bond acceptors (Lipinski definition) is 4. The number of benzene rings is 2. The highest BCUT2D eigenvalue weighted by Gasteiger charge is 2.06. The molecule has 3 aromatic rings. The Morgan fingerprint density at radius 3 is 2.45 bits per heavy atom. The SMILES string of the molecule is Cc1cccc(Nc2nc(Nc3ccccc3)ncc2Cl)c1. The van der Waals surface area contributed by atoms with Gasteiger partial charge in [0.2, 0.25) is 5.95 Å². The fourth-order valence-corrected chi connectivity index (χ4v) is 2.16. The highest BCUT2D eigenvalue weighted by atomic mass is 35.5. The van der Waals surface area contributed by atoms with E-state index in [2.05, 4.69) is 20.6 Å². The minimum absolute atomic E-state index is 0.472. The molecule has 5 heteroatoms. The Morgan fingerprint density at radius 2 is 1.68 bits per heavy atom. The van der Waals surface area contributed by atoms with Crippen LogP contribution in [0.4, 0.5) is 23.1 Å². The minimum Gasteiger partial charge on any atom is -0.339 e. The van der Waals surface area contributed by atoms with E-state index in [0.29, 0.717) is 16.8 Å². The van der Waals surface area contributed by atoms with E-state index in [9.17, 15) is 0 Å². The molecule has 4 nitrogen and oxygen atoms in total. The first-order valence-electron chi connectivity index (χ1n) is 6.89. The van der Waals surface area contributed by atoms with Crippen molar-refractivity contribution >= 4 is 34.7 Å². The standard InChI is InChI=1S/C17H15ClN4/c1-12-6-5-9-14(10-12)20-16-15(18)11-19-17(22-16)21-13-7-3-2-4-8-13/h2-11H,1H3,(H2,19,20,21,22). The molecular formula is C17H15ClN4. The van der Waals surface area contributed by atoms with Gasteiger partial charge in [0.25, 0.3) is 0 Å².